The maximum absolute atomic E-state index is 12.7. The molecule has 6 nitrogen and oxygen atoms in total. The predicted octanol–water partition coefficient (Wildman–Crippen LogP) is 1.94. The second-order valence-electron chi connectivity index (χ2n) is 6.13. The van der Waals surface area contributed by atoms with Gasteiger partial charge in [-0.25, -0.2) is 0 Å². The summed E-state index contributed by atoms with van der Waals surface area (Å²) in [5, 5.41) is 0. The molecule has 6 heteroatoms. The lowest BCUT2D eigenvalue weighted by atomic mass is 10.2. The summed E-state index contributed by atoms with van der Waals surface area (Å²) in [5.41, 5.74) is 1.56. The van der Waals surface area contributed by atoms with Gasteiger partial charge in [-0.2, -0.15) is 0 Å². The number of ether oxygens (including phenoxy) is 1. The number of H-pyrrole nitrogens is 1. The first kappa shape index (κ1) is 17.1. The monoisotopic (exact) mass is 341 g/mol. The first-order valence-corrected chi connectivity index (χ1v) is 8.51. The third kappa shape index (κ3) is 4.21. The second-order valence-corrected chi connectivity index (χ2v) is 6.13. The smallest absolute Gasteiger partial charge is 0.253 e. The number of nitrogens with zero attached hydrogens (tertiary/aromatic N) is 2. The zero-order valence-corrected chi connectivity index (χ0v) is 14.4. The molecule has 0 saturated carbocycles. The van der Waals surface area contributed by atoms with Crippen molar-refractivity contribution in [1.82, 2.24) is 14.8 Å². The van der Waals surface area contributed by atoms with Gasteiger partial charge in [0.2, 0.25) is 5.91 Å². The minimum atomic E-state index is 0.00122. The van der Waals surface area contributed by atoms with Crippen LogP contribution in [0.4, 0.5) is 0 Å². The third-order valence-corrected chi connectivity index (χ3v) is 4.48. The normalized spacial score (nSPS) is 14.9. The molecule has 132 valence electrons. The predicted molar refractivity (Wildman–Crippen MR) is 94.6 cm³/mol. The Morgan fingerprint density at radius 1 is 1.04 bits per heavy atom. The number of aromatic amines is 1. The number of nitrogens with one attached hydrogen (secondary N) is 1. The molecular formula is C19H23N3O3. The molecule has 0 bridgehead atoms. The molecular weight excluding hydrogens is 318 g/mol. The van der Waals surface area contributed by atoms with E-state index in [1.165, 1.54) is 0 Å². The van der Waals surface area contributed by atoms with Crippen molar-refractivity contribution in [1.29, 1.82) is 0 Å². The van der Waals surface area contributed by atoms with Gasteiger partial charge in [0.15, 0.2) is 0 Å². The molecule has 1 aromatic heterocycles. The number of methoxy groups -OCH3 is 1. The van der Waals surface area contributed by atoms with Crippen LogP contribution in [0.3, 0.4) is 0 Å². The lowest BCUT2D eigenvalue weighted by molar-refractivity contribution is -0.130. The molecule has 3 rings (SSSR count). The molecule has 1 saturated heterocycles. The maximum Gasteiger partial charge on any atom is 0.253 e. The summed E-state index contributed by atoms with van der Waals surface area (Å²) in [6, 6.07) is 10.9. The molecule has 0 radical (unpaired) electrons. The fraction of sp³-hybridized carbons (Fsp3) is 0.368. The molecule has 2 heterocycles. The third-order valence-electron chi connectivity index (χ3n) is 4.48. The average Bonchev–Trinajstić information content (AvgIpc) is 3.02. The lowest BCUT2D eigenvalue weighted by Crippen LogP contribution is -2.38. The Kier molecular flexibility index (Phi) is 5.38. The fourth-order valence-corrected chi connectivity index (χ4v) is 3.04. The van der Waals surface area contributed by atoms with Crippen molar-refractivity contribution in [2.45, 2.75) is 12.8 Å². The van der Waals surface area contributed by atoms with Crippen LogP contribution in [0.2, 0.25) is 0 Å². The first-order chi connectivity index (χ1) is 12.2. The van der Waals surface area contributed by atoms with E-state index in [-0.39, 0.29) is 11.8 Å². The summed E-state index contributed by atoms with van der Waals surface area (Å²) in [6.45, 7) is 2.48. The maximum atomic E-state index is 12.7. The number of amides is 2. The number of hydrogen-bond acceptors (Lipinski definition) is 3. The van der Waals surface area contributed by atoms with Crippen molar-refractivity contribution in [3.8, 4) is 5.75 Å². The van der Waals surface area contributed by atoms with E-state index in [4.69, 9.17) is 4.74 Å². The number of rotatable bonds is 4. The Hall–Kier alpha value is -2.76. The summed E-state index contributed by atoms with van der Waals surface area (Å²) in [6.07, 6.45) is 2.98. The summed E-state index contributed by atoms with van der Waals surface area (Å²) >= 11 is 0. The topological polar surface area (TPSA) is 65.6 Å². The molecule has 0 spiro atoms. The van der Waals surface area contributed by atoms with Crippen LogP contribution in [-0.4, -0.2) is 59.9 Å². The van der Waals surface area contributed by atoms with E-state index in [9.17, 15) is 9.59 Å². The number of carbonyl (C=O) groups excluding carboxylic acids is 2. The highest BCUT2D eigenvalue weighted by Gasteiger charge is 2.23. The number of benzene rings is 1. The zero-order valence-electron chi connectivity index (χ0n) is 14.4. The highest BCUT2D eigenvalue weighted by atomic mass is 16.5. The van der Waals surface area contributed by atoms with Gasteiger partial charge in [-0.05, 0) is 42.8 Å². The van der Waals surface area contributed by atoms with E-state index in [1.54, 1.807) is 31.4 Å². The van der Waals surface area contributed by atoms with Crippen LogP contribution >= 0.6 is 0 Å². The largest absolute Gasteiger partial charge is 0.497 e. The van der Waals surface area contributed by atoms with Gasteiger partial charge in [0.25, 0.3) is 5.91 Å². The lowest BCUT2D eigenvalue weighted by Gasteiger charge is -2.22. The van der Waals surface area contributed by atoms with Crippen LogP contribution in [-0.2, 0) is 11.2 Å². The second kappa shape index (κ2) is 7.88. The van der Waals surface area contributed by atoms with Crippen molar-refractivity contribution in [2.75, 3.05) is 33.3 Å². The van der Waals surface area contributed by atoms with E-state index in [1.807, 2.05) is 28.1 Å². The molecule has 1 fully saturated rings. The van der Waals surface area contributed by atoms with Crippen LogP contribution in [0, 0.1) is 0 Å². The summed E-state index contributed by atoms with van der Waals surface area (Å²) in [4.78, 5) is 31.8. The van der Waals surface area contributed by atoms with Crippen LogP contribution in [0.5, 0.6) is 5.75 Å². The van der Waals surface area contributed by atoms with Crippen LogP contribution in [0.1, 0.15) is 22.5 Å². The molecule has 1 N–H and O–H groups in total. The Morgan fingerprint density at radius 2 is 1.76 bits per heavy atom. The minimum absolute atomic E-state index is 0.00122. The fourth-order valence-electron chi connectivity index (χ4n) is 3.04. The molecule has 0 unspecified atom stereocenters. The zero-order chi connectivity index (χ0) is 17.6. The van der Waals surface area contributed by atoms with Gasteiger partial charge < -0.3 is 19.5 Å². The van der Waals surface area contributed by atoms with E-state index < -0.39 is 0 Å². The molecule has 0 aliphatic carbocycles. The van der Waals surface area contributed by atoms with E-state index in [0.717, 1.165) is 17.9 Å². The molecule has 1 aliphatic rings. The summed E-state index contributed by atoms with van der Waals surface area (Å²) in [7, 11) is 1.60. The Labute approximate surface area is 147 Å². The van der Waals surface area contributed by atoms with E-state index >= 15 is 0 Å². The van der Waals surface area contributed by atoms with Crippen molar-refractivity contribution in [3.05, 3.63) is 53.9 Å². The number of hydrogen-bond donors (Lipinski definition) is 1. The highest BCUT2D eigenvalue weighted by Crippen LogP contribution is 2.15. The average molecular weight is 341 g/mol. The Morgan fingerprint density at radius 3 is 2.44 bits per heavy atom. The standard InChI is InChI=1S/C19H23N3O3/c1-25-17-7-5-15(6-8-17)19(24)22-11-3-10-21(12-13-22)18(23)14-16-4-2-9-20-16/h2,4-9,20H,3,10-14H2,1H3. The van der Waals surface area contributed by atoms with Crippen molar-refractivity contribution >= 4 is 11.8 Å². The van der Waals surface area contributed by atoms with E-state index in [2.05, 4.69) is 4.98 Å². The van der Waals surface area contributed by atoms with Gasteiger partial charge in [0.1, 0.15) is 5.75 Å². The van der Waals surface area contributed by atoms with Crippen LogP contribution in [0.15, 0.2) is 42.6 Å². The van der Waals surface area contributed by atoms with Crippen LogP contribution < -0.4 is 4.74 Å². The SMILES string of the molecule is COc1ccc(C(=O)N2CCCN(C(=O)Cc3ccc[nH]3)CC2)cc1. The number of aromatic nitrogens is 1. The van der Waals surface area contributed by atoms with Gasteiger partial charge in [0.05, 0.1) is 13.5 Å². The van der Waals surface area contributed by atoms with Crippen molar-refractivity contribution in [3.63, 3.8) is 0 Å². The molecule has 2 aromatic rings. The van der Waals surface area contributed by atoms with Gasteiger partial charge in [-0.15, -0.1) is 0 Å². The van der Waals surface area contributed by atoms with Crippen molar-refractivity contribution < 1.29 is 14.3 Å². The van der Waals surface area contributed by atoms with Crippen molar-refractivity contribution in [2.24, 2.45) is 0 Å². The molecule has 2 amide bonds. The highest BCUT2D eigenvalue weighted by molar-refractivity contribution is 5.94. The van der Waals surface area contributed by atoms with Gasteiger partial charge in [0, 0.05) is 43.6 Å². The quantitative estimate of drug-likeness (QED) is 0.924. The number of carbonyl (C=O) groups is 2. The molecule has 1 aromatic carbocycles. The first-order valence-electron chi connectivity index (χ1n) is 8.51. The minimum Gasteiger partial charge on any atom is -0.497 e. The molecule has 1 aliphatic heterocycles. The summed E-state index contributed by atoms with van der Waals surface area (Å²) < 4.78 is 5.13. The summed E-state index contributed by atoms with van der Waals surface area (Å²) in [5.74, 6) is 0.830. The van der Waals surface area contributed by atoms with Gasteiger partial charge >= 0.3 is 0 Å². The van der Waals surface area contributed by atoms with Gasteiger partial charge in [-0.1, -0.05) is 0 Å². The molecule has 0 atom stereocenters. The molecule has 25 heavy (non-hydrogen) atoms. The Bertz CT molecular complexity index is 710. The van der Waals surface area contributed by atoms with E-state index in [0.29, 0.717) is 38.2 Å². The van der Waals surface area contributed by atoms with Gasteiger partial charge in [-0.3, -0.25) is 9.59 Å². The van der Waals surface area contributed by atoms with Crippen LogP contribution in [0.25, 0.3) is 0 Å². The Balaban J connectivity index is 1.58.